The Balaban J connectivity index is 1.97. The Morgan fingerprint density at radius 1 is 1.27 bits per heavy atom. The SMILES string of the molecule is CC(C)n1cc(Br)cc1C(=O)Nc1cccc2cccnc12. The number of halogens is 1. The summed E-state index contributed by atoms with van der Waals surface area (Å²) >= 11 is 3.43. The van der Waals surface area contributed by atoms with Gasteiger partial charge in [-0.1, -0.05) is 18.2 Å². The van der Waals surface area contributed by atoms with Gasteiger partial charge in [0.05, 0.1) is 11.2 Å². The maximum atomic E-state index is 12.6. The maximum absolute atomic E-state index is 12.6. The number of carbonyl (C=O) groups is 1. The minimum Gasteiger partial charge on any atom is -0.340 e. The largest absolute Gasteiger partial charge is 0.340 e. The fourth-order valence-electron chi connectivity index (χ4n) is 2.45. The van der Waals surface area contributed by atoms with Gasteiger partial charge in [-0.3, -0.25) is 9.78 Å². The number of hydrogen-bond acceptors (Lipinski definition) is 2. The normalized spacial score (nSPS) is 11.1. The Kier molecular flexibility index (Phi) is 3.98. The highest BCUT2D eigenvalue weighted by atomic mass is 79.9. The van der Waals surface area contributed by atoms with Gasteiger partial charge in [0.25, 0.3) is 5.91 Å². The molecule has 2 heterocycles. The van der Waals surface area contributed by atoms with Crippen LogP contribution in [0.3, 0.4) is 0 Å². The molecule has 3 aromatic rings. The van der Waals surface area contributed by atoms with Gasteiger partial charge in [-0.2, -0.15) is 0 Å². The lowest BCUT2D eigenvalue weighted by Crippen LogP contribution is -2.18. The fourth-order valence-corrected chi connectivity index (χ4v) is 2.88. The third-order valence-corrected chi connectivity index (χ3v) is 3.92. The first kappa shape index (κ1) is 14.8. The van der Waals surface area contributed by atoms with Crippen LogP contribution < -0.4 is 5.32 Å². The number of fused-ring (bicyclic) bond motifs is 1. The number of amides is 1. The predicted molar refractivity (Wildman–Crippen MR) is 92.2 cm³/mol. The van der Waals surface area contributed by atoms with E-state index in [1.807, 2.05) is 61.0 Å². The number of carbonyl (C=O) groups excluding carboxylic acids is 1. The van der Waals surface area contributed by atoms with Gasteiger partial charge in [0.2, 0.25) is 0 Å². The van der Waals surface area contributed by atoms with E-state index in [0.717, 1.165) is 21.1 Å². The van der Waals surface area contributed by atoms with Crippen molar-refractivity contribution in [2.75, 3.05) is 5.32 Å². The molecule has 1 aromatic carbocycles. The first-order valence-corrected chi connectivity index (χ1v) is 7.88. The Bertz CT molecular complexity index is 834. The summed E-state index contributed by atoms with van der Waals surface area (Å²) < 4.78 is 2.83. The van der Waals surface area contributed by atoms with Gasteiger partial charge in [-0.15, -0.1) is 0 Å². The van der Waals surface area contributed by atoms with E-state index in [0.29, 0.717) is 5.69 Å². The summed E-state index contributed by atoms with van der Waals surface area (Å²) in [7, 11) is 0. The van der Waals surface area contributed by atoms with Crippen LogP contribution >= 0.6 is 15.9 Å². The summed E-state index contributed by atoms with van der Waals surface area (Å²) in [4.78, 5) is 17.0. The van der Waals surface area contributed by atoms with Crippen LogP contribution in [0.4, 0.5) is 5.69 Å². The quantitative estimate of drug-likeness (QED) is 0.742. The molecule has 112 valence electrons. The van der Waals surface area contributed by atoms with Crippen LogP contribution in [0.25, 0.3) is 10.9 Å². The molecule has 0 spiro atoms. The van der Waals surface area contributed by atoms with E-state index < -0.39 is 0 Å². The number of anilines is 1. The minimum atomic E-state index is -0.141. The molecular weight excluding hydrogens is 342 g/mol. The van der Waals surface area contributed by atoms with Gasteiger partial charge in [0.1, 0.15) is 5.69 Å². The molecule has 2 aromatic heterocycles. The standard InChI is InChI=1S/C17H16BrN3O/c1-11(2)21-10-13(18)9-15(21)17(22)20-14-7-3-5-12-6-4-8-19-16(12)14/h3-11H,1-2H3,(H,20,22). The maximum Gasteiger partial charge on any atom is 0.272 e. The van der Waals surface area contributed by atoms with E-state index in [2.05, 4.69) is 26.2 Å². The van der Waals surface area contributed by atoms with E-state index in [1.54, 1.807) is 6.20 Å². The van der Waals surface area contributed by atoms with E-state index in [9.17, 15) is 4.79 Å². The molecule has 1 N–H and O–H groups in total. The van der Waals surface area contributed by atoms with Crippen molar-refractivity contribution in [3.8, 4) is 0 Å². The van der Waals surface area contributed by atoms with Crippen molar-refractivity contribution < 1.29 is 4.79 Å². The summed E-state index contributed by atoms with van der Waals surface area (Å²) in [5, 5.41) is 3.97. The molecule has 4 nitrogen and oxygen atoms in total. The van der Waals surface area contributed by atoms with Crippen LogP contribution in [0.2, 0.25) is 0 Å². The highest BCUT2D eigenvalue weighted by Gasteiger charge is 2.16. The molecule has 0 aliphatic carbocycles. The van der Waals surface area contributed by atoms with Gasteiger partial charge < -0.3 is 9.88 Å². The van der Waals surface area contributed by atoms with Crippen molar-refractivity contribution in [2.24, 2.45) is 0 Å². The van der Waals surface area contributed by atoms with Crippen molar-refractivity contribution in [2.45, 2.75) is 19.9 Å². The van der Waals surface area contributed by atoms with E-state index >= 15 is 0 Å². The topological polar surface area (TPSA) is 46.9 Å². The third kappa shape index (κ3) is 2.76. The lowest BCUT2D eigenvalue weighted by molar-refractivity contribution is 0.101. The average molecular weight is 358 g/mol. The highest BCUT2D eigenvalue weighted by molar-refractivity contribution is 9.10. The summed E-state index contributed by atoms with van der Waals surface area (Å²) in [6.45, 7) is 4.09. The summed E-state index contributed by atoms with van der Waals surface area (Å²) in [6, 6.07) is 11.7. The summed E-state index contributed by atoms with van der Waals surface area (Å²) in [5.41, 5.74) is 2.13. The van der Waals surface area contributed by atoms with Crippen molar-refractivity contribution in [1.82, 2.24) is 9.55 Å². The molecule has 0 unspecified atom stereocenters. The first-order valence-electron chi connectivity index (χ1n) is 7.09. The number of rotatable bonds is 3. The van der Waals surface area contributed by atoms with Crippen LogP contribution in [-0.4, -0.2) is 15.5 Å². The molecule has 0 radical (unpaired) electrons. The third-order valence-electron chi connectivity index (χ3n) is 3.49. The molecule has 22 heavy (non-hydrogen) atoms. The molecule has 0 atom stereocenters. The lowest BCUT2D eigenvalue weighted by Gasteiger charge is -2.13. The van der Waals surface area contributed by atoms with Gasteiger partial charge in [-0.05, 0) is 48.0 Å². The smallest absolute Gasteiger partial charge is 0.272 e. The number of aromatic nitrogens is 2. The molecule has 1 amide bonds. The zero-order valence-electron chi connectivity index (χ0n) is 12.4. The second kappa shape index (κ2) is 5.93. The highest BCUT2D eigenvalue weighted by Crippen LogP contribution is 2.23. The minimum absolute atomic E-state index is 0.141. The fraction of sp³-hybridized carbons (Fsp3) is 0.176. The monoisotopic (exact) mass is 357 g/mol. The van der Waals surface area contributed by atoms with Crippen molar-refractivity contribution >= 4 is 38.4 Å². The second-order valence-corrected chi connectivity index (χ2v) is 6.30. The predicted octanol–water partition coefficient (Wildman–Crippen LogP) is 4.63. The number of nitrogens with zero attached hydrogens (tertiary/aromatic N) is 2. The molecule has 3 rings (SSSR count). The van der Waals surface area contributed by atoms with Crippen LogP contribution in [0.15, 0.2) is 53.3 Å². The van der Waals surface area contributed by atoms with Crippen molar-refractivity contribution in [3.05, 3.63) is 59.0 Å². The second-order valence-electron chi connectivity index (χ2n) is 5.38. The Morgan fingerprint density at radius 2 is 2.05 bits per heavy atom. The Morgan fingerprint density at radius 3 is 2.82 bits per heavy atom. The van der Waals surface area contributed by atoms with Crippen LogP contribution in [0.5, 0.6) is 0 Å². The molecule has 5 heteroatoms. The number of para-hydroxylation sites is 1. The van der Waals surface area contributed by atoms with Crippen LogP contribution in [0.1, 0.15) is 30.4 Å². The van der Waals surface area contributed by atoms with Crippen LogP contribution in [0, 0.1) is 0 Å². The van der Waals surface area contributed by atoms with Crippen LogP contribution in [-0.2, 0) is 0 Å². The molecular formula is C17H16BrN3O. The molecule has 0 bridgehead atoms. The Labute approximate surface area is 137 Å². The first-order chi connectivity index (χ1) is 10.6. The van der Waals surface area contributed by atoms with Gasteiger partial charge in [0.15, 0.2) is 0 Å². The molecule has 0 fully saturated rings. The lowest BCUT2D eigenvalue weighted by atomic mass is 10.2. The number of pyridine rings is 1. The summed E-state index contributed by atoms with van der Waals surface area (Å²) in [5.74, 6) is -0.141. The van der Waals surface area contributed by atoms with Gasteiger partial charge in [0, 0.05) is 28.3 Å². The number of benzene rings is 1. The van der Waals surface area contributed by atoms with Crippen molar-refractivity contribution in [3.63, 3.8) is 0 Å². The van der Waals surface area contributed by atoms with E-state index in [4.69, 9.17) is 0 Å². The van der Waals surface area contributed by atoms with E-state index in [1.165, 1.54) is 0 Å². The van der Waals surface area contributed by atoms with Crippen molar-refractivity contribution in [1.29, 1.82) is 0 Å². The molecule has 0 saturated heterocycles. The zero-order valence-corrected chi connectivity index (χ0v) is 14.0. The number of nitrogens with one attached hydrogen (secondary N) is 1. The molecule has 0 aliphatic rings. The zero-order chi connectivity index (χ0) is 15.7. The van der Waals surface area contributed by atoms with Gasteiger partial charge in [-0.25, -0.2) is 0 Å². The summed E-state index contributed by atoms with van der Waals surface area (Å²) in [6.07, 6.45) is 3.65. The molecule has 0 aliphatic heterocycles. The number of hydrogen-bond donors (Lipinski definition) is 1. The van der Waals surface area contributed by atoms with E-state index in [-0.39, 0.29) is 11.9 Å². The molecule has 0 saturated carbocycles. The van der Waals surface area contributed by atoms with Gasteiger partial charge >= 0.3 is 0 Å². The average Bonchev–Trinajstić information content (AvgIpc) is 2.90. The Hall–Kier alpha value is -2.14.